The van der Waals surface area contributed by atoms with Gasteiger partial charge < -0.3 is 14.5 Å². The van der Waals surface area contributed by atoms with E-state index in [1.807, 2.05) is 24.3 Å². The number of methoxy groups -OCH3 is 1. The first kappa shape index (κ1) is 26.9. The van der Waals surface area contributed by atoms with Crippen LogP contribution in [0.2, 0.25) is 0 Å². The van der Waals surface area contributed by atoms with Crippen LogP contribution in [0, 0.1) is 10.1 Å². The molecule has 0 bridgehead atoms. The van der Waals surface area contributed by atoms with Crippen molar-refractivity contribution in [2.24, 2.45) is 0 Å². The first-order chi connectivity index (χ1) is 17.1. The van der Waals surface area contributed by atoms with Crippen molar-refractivity contribution in [2.75, 3.05) is 26.7 Å². The average Bonchev–Trinajstić information content (AvgIpc) is 2.86. The summed E-state index contributed by atoms with van der Waals surface area (Å²) >= 11 is 1.34. The summed E-state index contributed by atoms with van der Waals surface area (Å²) in [6.45, 7) is 6.01. The number of hydrogen-bond acceptors (Lipinski definition) is 7. The van der Waals surface area contributed by atoms with Gasteiger partial charge in [-0.1, -0.05) is 49.9 Å². The molecule has 3 rings (SSSR count). The van der Waals surface area contributed by atoms with Crippen LogP contribution in [0.25, 0.3) is 6.08 Å². The largest absolute Gasteiger partial charge is 0.467 e. The van der Waals surface area contributed by atoms with Gasteiger partial charge in [0.1, 0.15) is 6.04 Å². The van der Waals surface area contributed by atoms with E-state index in [1.165, 1.54) is 53.8 Å². The van der Waals surface area contributed by atoms with E-state index in [4.69, 9.17) is 4.74 Å². The Labute approximate surface area is 214 Å². The molecule has 0 aliphatic carbocycles. The van der Waals surface area contributed by atoms with Gasteiger partial charge in [0, 0.05) is 37.1 Å². The van der Waals surface area contributed by atoms with Gasteiger partial charge in [0.05, 0.1) is 23.5 Å². The maximum atomic E-state index is 12.8. The molecule has 0 spiro atoms. The van der Waals surface area contributed by atoms with E-state index < -0.39 is 16.9 Å². The molecular formula is C26H29N3O6S. The molecule has 1 aliphatic rings. The lowest BCUT2D eigenvalue weighted by Gasteiger charge is -2.39. The topological polar surface area (TPSA) is 110 Å². The Hall–Kier alpha value is -3.66. The van der Waals surface area contributed by atoms with Gasteiger partial charge in [-0.2, -0.15) is 0 Å². The van der Waals surface area contributed by atoms with Crippen LogP contribution in [-0.4, -0.2) is 65.3 Å². The molecule has 1 saturated heterocycles. The summed E-state index contributed by atoms with van der Waals surface area (Å²) in [5.74, 6) is -0.945. The lowest BCUT2D eigenvalue weighted by Crippen LogP contribution is -2.59. The van der Waals surface area contributed by atoms with Crippen LogP contribution < -0.4 is 0 Å². The van der Waals surface area contributed by atoms with E-state index in [-0.39, 0.29) is 43.1 Å². The lowest BCUT2D eigenvalue weighted by molar-refractivity contribution is -0.387. The van der Waals surface area contributed by atoms with Crippen LogP contribution in [0.5, 0.6) is 0 Å². The third-order valence-electron chi connectivity index (χ3n) is 5.93. The van der Waals surface area contributed by atoms with Crippen molar-refractivity contribution in [3.8, 4) is 0 Å². The molecule has 2 aromatic rings. The van der Waals surface area contributed by atoms with Crippen LogP contribution in [0.15, 0.2) is 58.3 Å². The molecule has 0 N–H and O–H groups in total. The number of rotatable bonds is 7. The van der Waals surface area contributed by atoms with Gasteiger partial charge in [0.15, 0.2) is 0 Å². The maximum absolute atomic E-state index is 12.8. The Morgan fingerprint density at radius 3 is 2.50 bits per heavy atom. The van der Waals surface area contributed by atoms with Gasteiger partial charge in [0.2, 0.25) is 11.8 Å². The SMILES string of the molecule is COC(=O)C1CN(C(=O)C=Cc2ccc(Sc3ccccc3C(C)C)c([N+](=O)[O-])c2)CCN1C(C)=O. The van der Waals surface area contributed by atoms with Crippen molar-refractivity contribution in [1.29, 1.82) is 0 Å². The molecule has 36 heavy (non-hydrogen) atoms. The zero-order chi connectivity index (χ0) is 26.4. The van der Waals surface area contributed by atoms with Crippen LogP contribution in [0.1, 0.15) is 37.8 Å². The van der Waals surface area contributed by atoms with Gasteiger partial charge in [-0.15, -0.1) is 0 Å². The molecule has 1 unspecified atom stereocenters. The van der Waals surface area contributed by atoms with Gasteiger partial charge in [-0.05, 0) is 35.3 Å². The number of esters is 1. The fourth-order valence-electron chi connectivity index (χ4n) is 4.01. The Balaban J connectivity index is 1.78. The second kappa shape index (κ2) is 11.9. The third-order valence-corrected chi connectivity index (χ3v) is 7.09. The summed E-state index contributed by atoms with van der Waals surface area (Å²) < 4.78 is 4.78. The summed E-state index contributed by atoms with van der Waals surface area (Å²) in [5, 5.41) is 11.8. The minimum atomic E-state index is -0.871. The van der Waals surface area contributed by atoms with Crippen molar-refractivity contribution in [2.45, 2.75) is 42.5 Å². The predicted octanol–water partition coefficient (Wildman–Crippen LogP) is 4.11. The van der Waals surface area contributed by atoms with Crippen LogP contribution in [0.3, 0.4) is 0 Å². The number of amides is 2. The Morgan fingerprint density at radius 1 is 1.14 bits per heavy atom. The number of nitrogens with zero attached hydrogens (tertiary/aromatic N) is 3. The summed E-state index contributed by atoms with van der Waals surface area (Å²) in [4.78, 5) is 52.4. The molecule has 1 heterocycles. The van der Waals surface area contributed by atoms with Crippen LogP contribution in [0.4, 0.5) is 5.69 Å². The van der Waals surface area contributed by atoms with Crippen molar-refractivity contribution in [3.63, 3.8) is 0 Å². The minimum Gasteiger partial charge on any atom is -0.467 e. The molecule has 2 amide bonds. The van der Waals surface area contributed by atoms with E-state index in [2.05, 4.69) is 13.8 Å². The van der Waals surface area contributed by atoms with E-state index >= 15 is 0 Å². The van der Waals surface area contributed by atoms with Gasteiger partial charge in [-0.25, -0.2) is 4.79 Å². The number of carbonyl (C=O) groups is 3. The lowest BCUT2D eigenvalue weighted by atomic mass is 10.0. The van der Waals surface area contributed by atoms with Gasteiger partial charge in [-0.3, -0.25) is 19.7 Å². The highest BCUT2D eigenvalue weighted by molar-refractivity contribution is 7.99. The summed E-state index contributed by atoms with van der Waals surface area (Å²) in [7, 11) is 1.23. The van der Waals surface area contributed by atoms with E-state index in [0.29, 0.717) is 10.5 Å². The molecule has 0 saturated carbocycles. The smallest absolute Gasteiger partial charge is 0.330 e. The molecule has 2 aromatic carbocycles. The van der Waals surface area contributed by atoms with E-state index in [0.717, 1.165) is 10.5 Å². The normalized spacial score (nSPS) is 15.9. The summed E-state index contributed by atoms with van der Waals surface area (Å²) in [6.07, 6.45) is 2.83. The number of benzene rings is 2. The highest BCUT2D eigenvalue weighted by atomic mass is 32.2. The number of ether oxygens (including phenoxy) is 1. The fourth-order valence-corrected chi connectivity index (χ4v) is 5.19. The van der Waals surface area contributed by atoms with Gasteiger partial charge >= 0.3 is 5.97 Å². The zero-order valence-corrected chi connectivity index (χ0v) is 21.5. The maximum Gasteiger partial charge on any atom is 0.330 e. The Bertz CT molecular complexity index is 1200. The monoisotopic (exact) mass is 511 g/mol. The fraction of sp³-hybridized carbons (Fsp3) is 0.346. The molecule has 9 nitrogen and oxygen atoms in total. The second-order valence-corrected chi connectivity index (χ2v) is 9.73. The highest BCUT2D eigenvalue weighted by Crippen LogP contribution is 2.39. The first-order valence-electron chi connectivity index (χ1n) is 11.5. The number of carbonyl (C=O) groups excluding carboxylic acids is 3. The Morgan fingerprint density at radius 2 is 1.86 bits per heavy atom. The molecule has 1 fully saturated rings. The number of hydrogen-bond donors (Lipinski definition) is 0. The Kier molecular flexibility index (Phi) is 8.87. The second-order valence-electron chi connectivity index (χ2n) is 8.65. The molecule has 10 heteroatoms. The molecule has 1 aliphatic heterocycles. The zero-order valence-electron chi connectivity index (χ0n) is 20.7. The number of nitro groups is 1. The number of piperazine rings is 1. The van der Waals surface area contributed by atoms with E-state index in [1.54, 1.807) is 12.1 Å². The summed E-state index contributed by atoms with van der Waals surface area (Å²) in [5.41, 5.74) is 1.57. The molecule has 190 valence electrons. The molecule has 0 radical (unpaired) electrons. The highest BCUT2D eigenvalue weighted by Gasteiger charge is 2.35. The summed E-state index contributed by atoms with van der Waals surface area (Å²) in [6, 6.07) is 11.8. The van der Waals surface area contributed by atoms with Crippen molar-refractivity contribution >= 4 is 41.3 Å². The van der Waals surface area contributed by atoms with Crippen LogP contribution in [-0.2, 0) is 19.1 Å². The van der Waals surface area contributed by atoms with Crippen molar-refractivity contribution < 1.29 is 24.0 Å². The van der Waals surface area contributed by atoms with Crippen LogP contribution >= 0.6 is 11.8 Å². The predicted molar refractivity (Wildman–Crippen MR) is 137 cm³/mol. The van der Waals surface area contributed by atoms with Gasteiger partial charge in [0.25, 0.3) is 5.69 Å². The molecule has 0 aromatic heterocycles. The minimum absolute atomic E-state index is 0.0143. The molecule has 1 atom stereocenters. The van der Waals surface area contributed by atoms with Crippen molar-refractivity contribution in [1.82, 2.24) is 9.80 Å². The third kappa shape index (κ3) is 6.31. The molecular weight excluding hydrogens is 482 g/mol. The number of nitro benzene ring substituents is 1. The average molecular weight is 512 g/mol. The first-order valence-corrected chi connectivity index (χ1v) is 12.3. The van der Waals surface area contributed by atoms with Crippen molar-refractivity contribution in [3.05, 3.63) is 69.8 Å². The quantitative estimate of drug-likeness (QED) is 0.238. The standard InChI is InChI=1S/C26H29N3O6S/c1-17(2)20-7-5-6-8-23(20)36-24-11-9-19(15-21(24)29(33)34)10-12-25(31)27-13-14-28(18(3)30)22(16-27)26(32)35-4/h5-12,15,17,22H,13-14,16H2,1-4H3. The van der Waals surface area contributed by atoms with E-state index in [9.17, 15) is 24.5 Å².